The first-order chi connectivity index (χ1) is 8.83. The highest BCUT2D eigenvalue weighted by Gasteiger charge is 2.33. The van der Waals surface area contributed by atoms with Crippen molar-refractivity contribution in [2.75, 3.05) is 6.54 Å². The van der Waals surface area contributed by atoms with Crippen LogP contribution in [-0.2, 0) is 6.54 Å². The molecule has 1 aromatic rings. The van der Waals surface area contributed by atoms with Crippen LogP contribution in [0.25, 0.3) is 0 Å². The maximum Gasteiger partial charge on any atom is 0.129 e. The Kier molecular flexibility index (Phi) is 3.86. The van der Waals surface area contributed by atoms with Crippen molar-refractivity contribution in [2.24, 2.45) is 5.92 Å². The molecule has 2 heterocycles. The van der Waals surface area contributed by atoms with E-state index in [-0.39, 0.29) is 0 Å². The van der Waals surface area contributed by atoms with Crippen LogP contribution < -0.4 is 0 Å². The summed E-state index contributed by atoms with van der Waals surface area (Å²) in [5, 5.41) is 0.615. The Balaban J connectivity index is 1.71. The second-order valence-corrected chi connectivity index (χ2v) is 6.06. The lowest BCUT2D eigenvalue weighted by Crippen LogP contribution is -2.46. The van der Waals surface area contributed by atoms with Gasteiger partial charge in [-0.05, 0) is 50.3 Å². The minimum atomic E-state index is 0.615. The molecule has 1 aromatic heterocycles. The largest absolute Gasteiger partial charge is 0.294 e. The standard InChI is InChI=1S/C15H21ClN2/c16-15-9-3-7-13(17-15)11-18-10-4-6-12-5-1-2-8-14(12)18/h3,7,9,12,14H,1-2,4-6,8,10-11H2/t12-,14-/m1/s1. The van der Waals surface area contributed by atoms with Gasteiger partial charge in [-0.3, -0.25) is 4.90 Å². The van der Waals surface area contributed by atoms with E-state index in [9.17, 15) is 0 Å². The molecule has 18 heavy (non-hydrogen) atoms. The maximum absolute atomic E-state index is 5.97. The minimum absolute atomic E-state index is 0.615. The Morgan fingerprint density at radius 3 is 2.89 bits per heavy atom. The van der Waals surface area contributed by atoms with Gasteiger partial charge < -0.3 is 0 Å². The van der Waals surface area contributed by atoms with Gasteiger partial charge in [-0.15, -0.1) is 0 Å². The Bertz CT molecular complexity index is 405. The molecule has 98 valence electrons. The highest BCUT2D eigenvalue weighted by Crippen LogP contribution is 2.35. The fourth-order valence-corrected chi connectivity index (χ4v) is 3.85. The molecule has 0 unspecified atom stereocenters. The summed E-state index contributed by atoms with van der Waals surface area (Å²) in [5.41, 5.74) is 1.12. The average molecular weight is 265 g/mol. The van der Waals surface area contributed by atoms with Crippen molar-refractivity contribution in [1.82, 2.24) is 9.88 Å². The molecule has 0 amide bonds. The lowest BCUT2D eigenvalue weighted by molar-refractivity contribution is 0.0537. The molecule has 0 radical (unpaired) electrons. The van der Waals surface area contributed by atoms with Gasteiger partial charge in [-0.25, -0.2) is 4.98 Å². The van der Waals surface area contributed by atoms with Crippen molar-refractivity contribution in [3.8, 4) is 0 Å². The predicted octanol–water partition coefficient (Wildman–Crippen LogP) is 3.89. The number of piperidine rings is 1. The summed E-state index contributed by atoms with van der Waals surface area (Å²) < 4.78 is 0. The van der Waals surface area contributed by atoms with Crippen LogP contribution in [0.5, 0.6) is 0 Å². The zero-order valence-electron chi connectivity index (χ0n) is 10.8. The molecule has 2 fully saturated rings. The topological polar surface area (TPSA) is 16.1 Å². The Morgan fingerprint density at radius 1 is 1.17 bits per heavy atom. The third kappa shape index (κ3) is 2.70. The molecule has 2 atom stereocenters. The Morgan fingerprint density at radius 2 is 2.00 bits per heavy atom. The van der Waals surface area contributed by atoms with E-state index >= 15 is 0 Å². The normalized spacial score (nSPS) is 28.9. The number of fused-ring (bicyclic) bond motifs is 1. The van der Waals surface area contributed by atoms with Crippen molar-refractivity contribution in [1.29, 1.82) is 0 Å². The highest BCUT2D eigenvalue weighted by atomic mass is 35.5. The van der Waals surface area contributed by atoms with Crippen molar-refractivity contribution >= 4 is 11.6 Å². The predicted molar refractivity (Wildman–Crippen MR) is 74.6 cm³/mol. The van der Waals surface area contributed by atoms with Gasteiger partial charge in [0, 0.05) is 12.6 Å². The number of likely N-dealkylation sites (tertiary alicyclic amines) is 1. The molecule has 1 saturated carbocycles. The first-order valence-corrected chi connectivity index (χ1v) is 7.56. The van der Waals surface area contributed by atoms with E-state index in [2.05, 4.69) is 16.0 Å². The Hall–Kier alpha value is -0.600. The van der Waals surface area contributed by atoms with Crippen molar-refractivity contribution in [3.05, 3.63) is 29.0 Å². The van der Waals surface area contributed by atoms with Gasteiger partial charge in [0.15, 0.2) is 0 Å². The lowest BCUT2D eigenvalue weighted by atomic mass is 9.78. The summed E-state index contributed by atoms with van der Waals surface area (Å²) in [6, 6.07) is 6.75. The van der Waals surface area contributed by atoms with E-state index in [4.69, 9.17) is 11.6 Å². The van der Waals surface area contributed by atoms with Crippen LogP contribution in [0.3, 0.4) is 0 Å². The second-order valence-electron chi connectivity index (χ2n) is 5.68. The molecular weight excluding hydrogens is 244 g/mol. The number of hydrogen-bond acceptors (Lipinski definition) is 2. The number of hydrogen-bond donors (Lipinski definition) is 0. The highest BCUT2D eigenvalue weighted by molar-refractivity contribution is 6.29. The van der Waals surface area contributed by atoms with Gasteiger partial charge in [-0.1, -0.05) is 30.5 Å². The minimum Gasteiger partial charge on any atom is -0.294 e. The van der Waals surface area contributed by atoms with E-state index in [0.29, 0.717) is 5.15 Å². The molecule has 3 rings (SSSR count). The number of aromatic nitrogens is 1. The third-order valence-corrected chi connectivity index (χ3v) is 4.71. The van der Waals surface area contributed by atoms with Crippen molar-refractivity contribution < 1.29 is 0 Å². The molecule has 0 N–H and O–H groups in total. The van der Waals surface area contributed by atoms with Crippen LogP contribution in [0.2, 0.25) is 5.15 Å². The average Bonchev–Trinajstić information content (AvgIpc) is 2.39. The van der Waals surface area contributed by atoms with E-state index in [1.54, 1.807) is 0 Å². The monoisotopic (exact) mass is 264 g/mol. The maximum atomic E-state index is 5.97. The zero-order chi connectivity index (χ0) is 12.4. The summed E-state index contributed by atoms with van der Waals surface area (Å²) in [5.74, 6) is 0.937. The zero-order valence-corrected chi connectivity index (χ0v) is 11.6. The van der Waals surface area contributed by atoms with Gasteiger partial charge >= 0.3 is 0 Å². The molecule has 2 aliphatic rings. The molecule has 2 nitrogen and oxygen atoms in total. The fraction of sp³-hybridized carbons (Fsp3) is 0.667. The second kappa shape index (κ2) is 5.58. The van der Waals surface area contributed by atoms with Crippen molar-refractivity contribution in [2.45, 2.75) is 51.1 Å². The van der Waals surface area contributed by atoms with Gasteiger partial charge in [0.1, 0.15) is 5.15 Å². The van der Waals surface area contributed by atoms with Gasteiger partial charge in [0.05, 0.1) is 5.69 Å². The summed E-state index contributed by atoms with van der Waals surface area (Å²) in [7, 11) is 0. The van der Waals surface area contributed by atoms with Crippen LogP contribution in [0, 0.1) is 5.92 Å². The molecular formula is C15H21ClN2. The molecule has 1 saturated heterocycles. The Labute approximate surface area is 114 Å². The number of pyridine rings is 1. The summed E-state index contributed by atoms with van der Waals surface area (Å²) in [6.07, 6.45) is 8.44. The molecule has 0 spiro atoms. The van der Waals surface area contributed by atoms with E-state index in [1.807, 2.05) is 12.1 Å². The van der Waals surface area contributed by atoms with Gasteiger partial charge in [0.25, 0.3) is 0 Å². The van der Waals surface area contributed by atoms with Crippen molar-refractivity contribution in [3.63, 3.8) is 0 Å². The van der Waals surface area contributed by atoms with E-state index in [0.717, 1.165) is 24.2 Å². The van der Waals surface area contributed by atoms with Crippen LogP contribution in [-0.4, -0.2) is 22.5 Å². The van der Waals surface area contributed by atoms with Crippen LogP contribution in [0.4, 0.5) is 0 Å². The first kappa shape index (κ1) is 12.4. The smallest absolute Gasteiger partial charge is 0.129 e. The van der Waals surface area contributed by atoms with E-state index < -0.39 is 0 Å². The molecule has 0 bridgehead atoms. The number of nitrogens with zero attached hydrogens (tertiary/aromatic N) is 2. The third-order valence-electron chi connectivity index (χ3n) is 4.50. The fourth-order valence-electron chi connectivity index (χ4n) is 3.67. The number of rotatable bonds is 2. The SMILES string of the molecule is Clc1cccc(CN2CCC[C@H]3CCCC[C@H]32)n1. The summed E-state index contributed by atoms with van der Waals surface area (Å²) in [6.45, 7) is 2.21. The van der Waals surface area contributed by atoms with Crippen LogP contribution >= 0.6 is 11.6 Å². The summed E-state index contributed by atoms with van der Waals surface area (Å²) in [4.78, 5) is 7.07. The molecule has 1 aliphatic carbocycles. The quantitative estimate of drug-likeness (QED) is 0.754. The van der Waals surface area contributed by atoms with Gasteiger partial charge in [-0.2, -0.15) is 0 Å². The lowest BCUT2D eigenvalue weighted by Gasteiger charge is -2.44. The molecule has 1 aliphatic heterocycles. The van der Waals surface area contributed by atoms with E-state index in [1.165, 1.54) is 45.1 Å². The molecule has 3 heteroatoms. The van der Waals surface area contributed by atoms with Gasteiger partial charge in [0.2, 0.25) is 0 Å². The van der Waals surface area contributed by atoms with Crippen LogP contribution in [0.15, 0.2) is 18.2 Å². The number of halogens is 1. The first-order valence-electron chi connectivity index (χ1n) is 7.18. The van der Waals surface area contributed by atoms with Crippen LogP contribution in [0.1, 0.15) is 44.2 Å². The molecule has 0 aromatic carbocycles. The summed E-state index contributed by atoms with van der Waals surface area (Å²) >= 11 is 5.97.